The lowest BCUT2D eigenvalue weighted by Gasteiger charge is -2.34. The van der Waals surface area contributed by atoms with Gasteiger partial charge in [0.25, 0.3) is 10.1 Å². The van der Waals surface area contributed by atoms with E-state index < -0.39 is 41.4 Å². The van der Waals surface area contributed by atoms with Gasteiger partial charge in [-0.2, -0.15) is 8.42 Å². The molecule has 198 valence electrons. The molecular weight excluding hydrogens is 516 g/mol. The van der Waals surface area contributed by atoms with Crippen LogP contribution in [0.15, 0.2) is 83.9 Å². The number of pyridine rings is 1. The van der Waals surface area contributed by atoms with Crippen molar-refractivity contribution in [3.63, 3.8) is 0 Å². The van der Waals surface area contributed by atoms with Gasteiger partial charge < -0.3 is 14.7 Å². The van der Waals surface area contributed by atoms with Crippen LogP contribution in [0.3, 0.4) is 0 Å². The van der Waals surface area contributed by atoms with E-state index in [1.54, 1.807) is 42.6 Å². The van der Waals surface area contributed by atoms with E-state index in [0.717, 1.165) is 10.5 Å². The molecule has 0 bridgehead atoms. The van der Waals surface area contributed by atoms with Crippen molar-refractivity contribution < 1.29 is 35.8 Å². The summed E-state index contributed by atoms with van der Waals surface area (Å²) in [6.07, 6.45) is -5.09. The maximum Gasteiger partial charge on any atom is 0.303 e. The number of benzene rings is 2. The molecule has 1 saturated heterocycles. The summed E-state index contributed by atoms with van der Waals surface area (Å²) in [5.74, 6) is -2.05. The summed E-state index contributed by atoms with van der Waals surface area (Å²) >= 11 is 6.01. The third kappa shape index (κ3) is 9.87. The number of aromatic nitrogens is 1. The zero-order valence-corrected chi connectivity index (χ0v) is 21.3. The molecule has 0 unspecified atom stereocenters. The zero-order chi connectivity index (χ0) is 32.1. The van der Waals surface area contributed by atoms with E-state index in [0.29, 0.717) is 23.6 Å². The Bertz CT molecular complexity index is 1460. The van der Waals surface area contributed by atoms with Crippen LogP contribution in [0.4, 0.5) is 0 Å². The number of halogens is 1. The number of nitrogens with zero attached hydrogens (tertiary/aromatic N) is 2. The first-order chi connectivity index (χ1) is 20.0. The maximum atomic E-state index is 11.2. The largest absolute Gasteiger partial charge is 0.481 e. The molecule has 1 atom stereocenters. The number of carbonyl (C=O) groups is 1. The fourth-order valence-corrected chi connectivity index (χ4v) is 4.16. The Labute approximate surface area is 231 Å². The summed E-state index contributed by atoms with van der Waals surface area (Å²) in [5.41, 5.74) is 1.55. The van der Waals surface area contributed by atoms with E-state index >= 15 is 0 Å². The Morgan fingerprint density at radius 3 is 2.27 bits per heavy atom. The standard InChI is InChI=1S/C21H25ClN2O3.C6H6O3S/c22-17-8-6-16(7-9-17)21(19-4-1-2-12-23-19)27-18-10-14-24(15-11-18)13-3-5-20(25)26;7-10(8,9)6-4-2-1-3-5-6/h1-2,4,6-9,12,18,21H,3,5,10-11,13-15H2,(H,25,26);1-5H,(H,7,8,9)/t21-;/m0./s1/i3D2,5D2,13D2;. The van der Waals surface area contributed by atoms with Crippen molar-refractivity contribution in [3.05, 3.63) is 95.3 Å². The van der Waals surface area contributed by atoms with Crippen molar-refractivity contribution in [2.75, 3.05) is 19.6 Å². The average Bonchev–Trinajstić information content (AvgIpc) is 2.97. The molecule has 1 aliphatic heterocycles. The number of hydrogen-bond acceptors (Lipinski definition) is 6. The van der Waals surface area contributed by atoms with Gasteiger partial charge in [0.1, 0.15) is 6.10 Å². The first kappa shape index (κ1) is 21.2. The van der Waals surface area contributed by atoms with Gasteiger partial charge in [0.05, 0.1) is 16.7 Å². The van der Waals surface area contributed by atoms with Crippen molar-refractivity contribution in [2.24, 2.45) is 0 Å². The lowest BCUT2D eigenvalue weighted by molar-refractivity contribution is -0.137. The minimum Gasteiger partial charge on any atom is -0.481 e. The van der Waals surface area contributed by atoms with E-state index in [4.69, 9.17) is 34.2 Å². The van der Waals surface area contributed by atoms with Crippen LogP contribution in [-0.4, -0.2) is 59.6 Å². The van der Waals surface area contributed by atoms with E-state index in [2.05, 4.69) is 4.98 Å². The van der Waals surface area contributed by atoms with Gasteiger partial charge in [0.15, 0.2) is 0 Å². The summed E-state index contributed by atoms with van der Waals surface area (Å²) < 4.78 is 83.1. The monoisotopic (exact) mass is 552 g/mol. The second kappa shape index (κ2) is 14.2. The van der Waals surface area contributed by atoms with E-state index in [9.17, 15) is 13.2 Å². The van der Waals surface area contributed by atoms with Gasteiger partial charge in [-0.05, 0) is 67.7 Å². The van der Waals surface area contributed by atoms with Crippen molar-refractivity contribution in [2.45, 2.75) is 42.7 Å². The summed E-state index contributed by atoms with van der Waals surface area (Å²) in [6, 6.07) is 20.1. The third-order valence-corrected chi connectivity index (χ3v) is 6.44. The Kier molecular flexibility index (Phi) is 8.12. The Hall–Kier alpha value is -2.82. The van der Waals surface area contributed by atoms with Crippen molar-refractivity contribution in [1.29, 1.82) is 0 Å². The van der Waals surface area contributed by atoms with Crippen LogP contribution in [0.2, 0.25) is 5.02 Å². The van der Waals surface area contributed by atoms with Crippen LogP contribution in [0.5, 0.6) is 0 Å². The number of likely N-dealkylation sites (tertiary alicyclic amines) is 1. The molecule has 8 nitrogen and oxygen atoms in total. The number of carboxylic acid groups (broad SMARTS) is 1. The molecule has 1 aromatic heterocycles. The number of ether oxygens (including phenoxy) is 1. The minimum absolute atomic E-state index is 0.0719. The molecule has 0 amide bonds. The van der Waals surface area contributed by atoms with Gasteiger partial charge in [-0.3, -0.25) is 14.3 Å². The fraction of sp³-hybridized carbons (Fsp3) is 0.333. The first-order valence-corrected chi connectivity index (χ1v) is 13.1. The molecule has 0 aliphatic carbocycles. The minimum atomic E-state index is -4.00. The highest BCUT2D eigenvalue weighted by Gasteiger charge is 2.25. The van der Waals surface area contributed by atoms with Crippen LogP contribution < -0.4 is 0 Å². The summed E-state index contributed by atoms with van der Waals surface area (Å²) in [7, 11) is -4.00. The van der Waals surface area contributed by atoms with Crippen LogP contribution in [0.25, 0.3) is 0 Å². The van der Waals surface area contributed by atoms with Gasteiger partial charge in [-0.25, -0.2) is 0 Å². The fourth-order valence-electron chi connectivity index (χ4n) is 3.54. The van der Waals surface area contributed by atoms with Crippen LogP contribution in [-0.2, 0) is 19.6 Å². The van der Waals surface area contributed by atoms with Gasteiger partial charge >= 0.3 is 5.97 Å². The predicted octanol–water partition coefficient (Wildman–Crippen LogP) is 5.10. The van der Waals surface area contributed by atoms with Gasteiger partial charge in [0.2, 0.25) is 0 Å². The van der Waals surface area contributed by atoms with Gasteiger partial charge in [0, 0.05) is 38.9 Å². The Balaban J connectivity index is 0.000000428. The Morgan fingerprint density at radius 2 is 1.73 bits per heavy atom. The molecule has 2 N–H and O–H groups in total. The number of aliphatic carboxylic acids is 1. The lowest BCUT2D eigenvalue weighted by atomic mass is 10.0. The zero-order valence-electron chi connectivity index (χ0n) is 25.7. The molecule has 2 heterocycles. The lowest BCUT2D eigenvalue weighted by Crippen LogP contribution is -2.38. The smallest absolute Gasteiger partial charge is 0.303 e. The number of carboxylic acids is 1. The maximum absolute atomic E-state index is 11.2. The van der Waals surface area contributed by atoms with E-state index in [-0.39, 0.29) is 24.1 Å². The van der Waals surface area contributed by atoms with Gasteiger partial charge in [-0.15, -0.1) is 0 Å². The number of piperidine rings is 1. The predicted molar refractivity (Wildman–Crippen MR) is 141 cm³/mol. The molecule has 37 heavy (non-hydrogen) atoms. The molecule has 4 rings (SSSR count). The van der Waals surface area contributed by atoms with Crippen molar-refractivity contribution in [1.82, 2.24) is 9.88 Å². The highest BCUT2D eigenvalue weighted by Crippen LogP contribution is 2.29. The molecule has 1 fully saturated rings. The average molecular weight is 553 g/mol. The third-order valence-electron chi connectivity index (χ3n) is 5.32. The van der Waals surface area contributed by atoms with E-state index in [1.165, 1.54) is 12.1 Å². The van der Waals surface area contributed by atoms with Gasteiger partial charge in [-0.1, -0.05) is 48.0 Å². The molecule has 3 aromatic rings. The van der Waals surface area contributed by atoms with Crippen LogP contribution >= 0.6 is 11.6 Å². The molecule has 2 aromatic carbocycles. The molecule has 1 aliphatic rings. The van der Waals surface area contributed by atoms with E-state index in [1.807, 2.05) is 24.3 Å². The number of rotatable bonds is 9. The summed E-state index contributed by atoms with van der Waals surface area (Å²) in [6.45, 7) is -2.69. The molecule has 0 spiro atoms. The van der Waals surface area contributed by atoms with Crippen LogP contribution in [0.1, 0.15) is 51.2 Å². The summed E-state index contributed by atoms with van der Waals surface area (Å²) in [5, 5.41) is 9.67. The highest BCUT2D eigenvalue weighted by molar-refractivity contribution is 7.85. The molecular formula is C27H31ClN2O6S. The first-order valence-electron chi connectivity index (χ1n) is 14.3. The quantitative estimate of drug-likeness (QED) is 0.352. The topological polar surface area (TPSA) is 117 Å². The Morgan fingerprint density at radius 1 is 1.08 bits per heavy atom. The van der Waals surface area contributed by atoms with Crippen molar-refractivity contribution >= 4 is 27.7 Å². The highest BCUT2D eigenvalue weighted by atomic mass is 35.5. The second-order valence-corrected chi connectivity index (χ2v) is 9.82. The second-order valence-electron chi connectivity index (χ2n) is 7.96. The molecule has 0 radical (unpaired) electrons. The molecule has 10 heteroatoms. The number of hydrogen-bond donors (Lipinski definition) is 2. The molecule has 0 saturated carbocycles. The SMILES string of the molecule is O=S(=O)(O)c1ccccc1.[2H]C([2H])(C(=O)O)C([2H])([2H])C([2H])([2H])N1CCC(O[C@@H](c2ccc(Cl)cc2)c2ccccn2)CC1. The summed E-state index contributed by atoms with van der Waals surface area (Å²) in [4.78, 5) is 16.7. The normalized spacial score (nSPS) is 19.0. The van der Waals surface area contributed by atoms with Crippen molar-refractivity contribution in [3.8, 4) is 0 Å². The van der Waals surface area contributed by atoms with Crippen LogP contribution in [0, 0.1) is 0 Å².